The summed E-state index contributed by atoms with van der Waals surface area (Å²) in [6, 6.07) is 28.2. The third kappa shape index (κ3) is 5.01. The molecule has 5 nitrogen and oxygen atoms in total. The van der Waals surface area contributed by atoms with E-state index in [0.717, 1.165) is 13.1 Å². The number of esters is 1. The van der Waals surface area contributed by atoms with E-state index < -0.39 is 5.97 Å². The molecule has 0 spiro atoms. The van der Waals surface area contributed by atoms with Gasteiger partial charge in [-0.2, -0.15) is 0 Å². The molecule has 1 aliphatic heterocycles. The largest absolute Gasteiger partial charge is 0.427 e. The van der Waals surface area contributed by atoms with Gasteiger partial charge in [0.05, 0.1) is 26.2 Å². The molecule has 0 bridgehead atoms. The van der Waals surface area contributed by atoms with Crippen molar-refractivity contribution in [1.82, 2.24) is 4.90 Å². The maximum Gasteiger partial charge on any atom is 0.308 e. The van der Waals surface area contributed by atoms with Crippen molar-refractivity contribution in [2.24, 2.45) is 0 Å². The monoisotopic (exact) mass is 415 g/mol. The number of ether oxygens (including phenoxy) is 1. The Kier molecular flexibility index (Phi) is 6.43. The lowest BCUT2D eigenvalue weighted by Gasteiger charge is -2.37. The van der Waals surface area contributed by atoms with Crippen LogP contribution in [0.3, 0.4) is 0 Å². The molecule has 4 rings (SSSR count). The quantitative estimate of drug-likeness (QED) is 0.515. The number of hydrogen-bond donors (Lipinski definition) is 1. The zero-order chi connectivity index (χ0) is 21.6. The average Bonchev–Trinajstić information content (AvgIpc) is 2.80. The fraction of sp³-hybridized carbons (Fsp3) is 0.231. The highest BCUT2D eigenvalue weighted by atomic mass is 16.5. The Labute approximate surface area is 182 Å². The summed E-state index contributed by atoms with van der Waals surface area (Å²) in [5, 5.41) is 0. The van der Waals surface area contributed by atoms with Crippen LogP contribution in [0.5, 0.6) is 5.75 Å². The molecule has 0 saturated carbocycles. The van der Waals surface area contributed by atoms with Crippen LogP contribution in [0.15, 0.2) is 84.9 Å². The third-order valence-corrected chi connectivity index (χ3v) is 5.71. The zero-order valence-corrected chi connectivity index (χ0v) is 17.7. The van der Waals surface area contributed by atoms with Crippen molar-refractivity contribution in [2.75, 3.05) is 26.2 Å². The number of nitrogens with one attached hydrogen (secondary N) is 1. The molecular formula is C26H27N2O3+. The lowest BCUT2D eigenvalue weighted by molar-refractivity contribution is -0.929. The Balaban J connectivity index is 1.48. The maximum absolute atomic E-state index is 13.0. The standard InChI is InChI=1S/C26H26N2O3/c1-20(29)31-24-14-8-13-23(19-24)26(30)28-17-15-27(16-18-28)25(21-9-4-2-5-10-21)22-11-6-3-7-12-22/h2-14,19,25H,15-18H2,1H3/p+1. The Hall–Kier alpha value is -3.44. The molecule has 0 aliphatic carbocycles. The van der Waals surface area contributed by atoms with Crippen molar-refractivity contribution in [3.8, 4) is 5.75 Å². The third-order valence-electron chi connectivity index (χ3n) is 5.71. The van der Waals surface area contributed by atoms with Crippen LogP contribution in [0.25, 0.3) is 0 Å². The first-order chi connectivity index (χ1) is 15.1. The molecule has 1 saturated heterocycles. The number of carbonyl (C=O) groups is 2. The minimum Gasteiger partial charge on any atom is -0.427 e. The predicted molar refractivity (Wildman–Crippen MR) is 119 cm³/mol. The van der Waals surface area contributed by atoms with E-state index in [1.54, 1.807) is 24.3 Å². The second-order valence-corrected chi connectivity index (χ2v) is 7.83. The molecule has 3 aromatic rings. The Morgan fingerprint density at radius 2 is 1.42 bits per heavy atom. The molecule has 1 N–H and O–H groups in total. The van der Waals surface area contributed by atoms with Crippen molar-refractivity contribution in [1.29, 1.82) is 0 Å². The number of benzene rings is 3. The van der Waals surface area contributed by atoms with Gasteiger partial charge in [0.1, 0.15) is 11.8 Å². The van der Waals surface area contributed by atoms with Gasteiger partial charge in [0.2, 0.25) is 0 Å². The van der Waals surface area contributed by atoms with Crippen LogP contribution in [0, 0.1) is 0 Å². The van der Waals surface area contributed by atoms with E-state index in [1.165, 1.54) is 23.0 Å². The number of quaternary nitrogens is 1. The molecule has 1 aliphatic rings. The molecule has 5 heteroatoms. The summed E-state index contributed by atoms with van der Waals surface area (Å²) in [5.41, 5.74) is 3.12. The number of rotatable bonds is 5. The SMILES string of the molecule is CC(=O)Oc1cccc(C(=O)N2CC[NH+](C(c3ccccc3)c3ccccc3)CC2)c1. The summed E-state index contributed by atoms with van der Waals surface area (Å²) in [7, 11) is 0. The van der Waals surface area contributed by atoms with Crippen LogP contribution in [0.2, 0.25) is 0 Å². The number of nitrogens with zero attached hydrogens (tertiary/aromatic N) is 1. The summed E-state index contributed by atoms with van der Waals surface area (Å²) >= 11 is 0. The first-order valence-electron chi connectivity index (χ1n) is 10.6. The molecule has 1 amide bonds. The molecule has 0 unspecified atom stereocenters. The van der Waals surface area contributed by atoms with Crippen LogP contribution in [0.4, 0.5) is 0 Å². The molecule has 0 atom stereocenters. The second-order valence-electron chi connectivity index (χ2n) is 7.83. The first kappa shape index (κ1) is 20.8. The van der Waals surface area contributed by atoms with Crippen LogP contribution < -0.4 is 9.64 Å². The number of hydrogen-bond acceptors (Lipinski definition) is 3. The van der Waals surface area contributed by atoms with Gasteiger partial charge in [0.15, 0.2) is 0 Å². The molecule has 1 fully saturated rings. The average molecular weight is 416 g/mol. The van der Waals surface area contributed by atoms with Crippen molar-refractivity contribution >= 4 is 11.9 Å². The van der Waals surface area contributed by atoms with Gasteiger partial charge in [-0.3, -0.25) is 9.59 Å². The molecule has 0 aromatic heterocycles. The van der Waals surface area contributed by atoms with Crippen molar-refractivity contribution in [3.63, 3.8) is 0 Å². The van der Waals surface area contributed by atoms with Gasteiger partial charge in [0.25, 0.3) is 5.91 Å². The predicted octanol–water partition coefficient (Wildman–Crippen LogP) is 2.74. The van der Waals surface area contributed by atoms with Crippen molar-refractivity contribution < 1.29 is 19.2 Å². The molecule has 158 valence electrons. The van der Waals surface area contributed by atoms with Gasteiger partial charge in [-0.05, 0) is 18.2 Å². The summed E-state index contributed by atoms with van der Waals surface area (Å²) in [5.74, 6) is -0.0190. The molecule has 31 heavy (non-hydrogen) atoms. The Morgan fingerprint density at radius 1 is 0.839 bits per heavy atom. The maximum atomic E-state index is 13.0. The topological polar surface area (TPSA) is 51.1 Å². The van der Waals surface area contributed by atoms with Gasteiger partial charge in [-0.1, -0.05) is 66.7 Å². The first-order valence-corrected chi connectivity index (χ1v) is 10.6. The van der Waals surface area contributed by atoms with Gasteiger partial charge >= 0.3 is 5.97 Å². The summed E-state index contributed by atoms with van der Waals surface area (Å²) in [6.45, 7) is 4.45. The molecule has 1 heterocycles. The zero-order valence-electron chi connectivity index (χ0n) is 17.7. The highest BCUT2D eigenvalue weighted by molar-refractivity contribution is 5.94. The summed E-state index contributed by atoms with van der Waals surface area (Å²) < 4.78 is 5.13. The fourth-order valence-electron chi connectivity index (χ4n) is 4.28. The smallest absolute Gasteiger partial charge is 0.308 e. The number of amides is 1. The van der Waals surface area contributed by atoms with Crippen molar-refractivity contribution in [2.45, 2.75) is 13.0 Å². The Morgan fingerprint density at radius 3 is 1.97 bits per heavy atom. The highest BCUT2D eigenvalue weighted by Crippen LogP contribution is 2.20. The highest BCUT2D eigenvalue weighted by Gasteiger charge is 2.31. The second kappa shape index (κ2) is 9.58. The normalized spacial score (nSPS) is 14.5. The van der Waals surface area contributed by atoms with Crippen LogP contribution in [-0.2, 0) is 4.79 Å². The minimum atomic E-state index is -0.394. The van der Waals surface area contributed by atoms with Gasteiger partial charge in [0, 0.05) is 23.6 Å². The van der Waals surface area contributed by atoms with Crippen LogP contribution in [-0.4, -0.2) is 43.0 Å². The Bertz CT molecular complexity index is 989. The van der Waals surface area contributed by atoms with E-state index in [1.807, 2.05) is 17.0 Å². The summed E-state index contributed by atoms with van der Waals surface area (Å²) in [6.07, 6.45) is 0. The van der Waals surface area contributed by atoms with E-state index in [2.05, 4.69) is 48.5 Å². The van der Waals surface area contributed by atoms with Gasteiger partial charge in [-0.25, -0.2) is 0 Å². The molecule has 0 radical (unpaired) electrons. The minimum absolute atomic E-state index is 0.0241. The fourth-order valence-corrected chi connectivity index (χ4v) is 4.28. The van der Waals surface area contributed by atoms with E-state index in [-0.39, 0.29) is 11.9 Å². The van der Waals surface area contributed by atoms with Gasteiger partial charge in [-0.15, -0.1) is 0 Å². The number of piperazine rings is 1. The summed E-state index contributed by atoms with van der Waals surface area (Å²) in [4.78, 5) is 27.6. The molecular weight excluding hydrogens is 388 g/mol. The van der Waals surface area contributed by atoms with Crippen LogP contribution in [0.1, 0.15) is 34.5 Å². The van der Waals surface area contributed by atoms with Crippen LogP contribution >= 0.6 is 0 Å². The number of carbonyl (C=O) groups excluding carboxylic acids is 2. The van der Waals surface area contributed by atoms with E-state index in [9.17, 15) is 9.59 Å². The van der Waals surface area contributed by atoms with Crippen molar-refractivity contribution in [3.05, 3.63) is 102 Å². The lowest BCUT2D eigenvalue weighted by atomic mass is 9.96. The van der Waals surface area contributed by atoms with E-state index in [4.69, 9.17) is 4.74 Å². The van der Waals surface area contributed by atoms with E-state index >= 15 is 0 Å². The lowest BCUT2D eigenvalue weighted by Crippen LogP contribution is -3.15. The molecule has 3 aromatic carbocycles. The van der Waals surface area contributed by atoms with Gasteiger partial charge < -0.3 is 14.5 Å². The van der Waals surface area contributed by atoms with E-state index in [0.29, 0.717) is 24.4 Å².